The second kappa shape index (κ2) is 56.3. The molecule has 15 atom stereocenters. The molecule has 2 amide bonds. The predicted molar refractivity (Wildman–Crippen MR) is 448 cm³/mol. The number of ether oxygens (including phenoxy) is 23. The number of aromatic nitrogens is 4. The van der Waals surface area contributed by atoms with Gasteiger partial charge in [-0.3, -0.25) is 28.8 Å². The van der Waals surface area contributed by atoms with Crippen molar-refractivity contribution in [2.75, 3.05) is 115 Å². The quantitative estimate of drug-likeness (QED) is 0.0619. The van der Waals surface area contributed by atoms with Gasteiger partial charge in [-0.05, 0) is 132 Å². The van der Waals surface area contributed by atoms with Crippen LogP contribution in [-0.2, 0) is 200 Å². The Morgan fingerprint density at radius 1 is 0.296 bits per heavy atom. The van der Waals surface area contributed by atoms with Gasteiger partial charge in [0.25, 0.3) is 23.6 Å². The van der Waals surface area contributed by atoms with Gasteiger partial charge in [0.15, 0.2) is 118 Å². The first-order chi connectivity index (χ1) is 62.9. The number of esters is 19. The average Bonchev–Trinajstić information content (AvgIpc) is 1.73. The lowest BCUT2D eigenvalue weighted by molar-refractivity contribution is -0.188. The summed E-state index contributed by atoms with van der Waals surface area (Å²) in [6, 6.07) is 0. The maximum atomic E-state index is 13.7. The molecule has 2 aliphatic heterocycles. The molecular weight excluding hydrogens is 1850 g/mol. The molecule has 54 heteroatoms. The topological polar surface area (TPSA) is 635 Å². The van der Waals surface area contributed by atoms with E-state index < -0.39 is 261 Å². The standard InChI is InChI=1S/C42H60N4O23S.C39H56N4O21S/c1-21(62-28(8)47)35(51)61-20-32(50)69-30(18-59-34-33(43-70-44-34)45-13-15-58-16-14-45)17-46(42(10,11)12)31(49)19-60-36(52)22(2)64-38(54)24(4)66-40(56)26(6)68-41(57)27(7)67-39(55)25(5)65-37(53)23(3)63-29(9)48;1-20(58-26(7)44)33(48)57-19-30(47)64-28(17-55-32-31(40-65-41-32)42-12-14-54-15-13-42)16-43(39(9,10)11)29(46)18-56-34(49)21(2)60-36(51)23(4)62-38(53)25(6)63-37(52)24(5)61-35(50)22(3)59-27(8)45/h21-27,30H,13-20H2,1-12H3;20-25,28H,12-19H2,1-11H3/t21?,22?,23?,24?,25?,26?,27?,30-;20?,21?,22?,23?,24?,25?,28-/m00/s1. The number of rotatable bonds is 48. The molecule has 2 saturated heterocycles. The first kappa shape index (κ1) is 116. The minimum absolute atomic E-state index is 0.109. The van der Waals surface area contributed by atoms with Crippen molar-refractivity contribution in [2.24, 2.45) is 0 Å². The highest BCUT2D eigenvalue weighted by Gasteiger charge is 2.40. The zero-order valence-corrected chi connectivity index (χ0v) is 80.5. The highest BCUT2D eigenvalue weighted by atomic mass is 32.1. The summed E-state index contributed by atoms with van der Waals surface area (Å²) in [5.41, 5.74) is -2.02. The fraction of sp³-hybridized carbons (Fsp3) is 0.691. The summed E-state index contributed by atoms with van der Waals surface area (Å²) < 4.78 is 134. The fourth-order valence-electron chi connectivity index (χ4n) is 10.6. The monoisotopic (exact) mass is 1970 g/mol. The first-order valence-electron chi connectivity index (χ1n) is 41.7. The van der Waals surface area contributed by atoms with Crippen LogP contribution >= 0.6 is 23.5 Å². The Bertz CT molecular complexity index is 4440. The van der Waals surface area contributed by atoms with Gasteiger partial charge in [0.05, 0.1) is 63.0 Å². The minimum Gasteiger partial charge on any atom is -0.470 e. The van der Waals surface area contributed by atoms with Crippen LogP contribution in [0.4, 0.5) is 11.6 Å². The smallest absolute Gasteiger partial charge is 0.347 e. The minimum atomic E-state index is -1.67. The lowest BCUT2D eigenvalue weighted by Gasteiger charge is -2.37. The van der Waals surface area contributed by atoms with E-state index in [1.54, 1.807) is 41.5 Å². The van der Waals surface area contributed by atoms with Crippen LogP contribution in [-0.4, -0.2) is 360 Å². The van der Waals surface area contributed by atoms with Crippen LogP contribution in [0, 0.1) is 0 Å². The maximum Gasteiger partial charge on any atom is 0.347 e. The molecule has 756 valence electrons. The largest absolute Gasteiger partial charge is 0.470 e. The Morgan fingerprint density at radius 2 is 0.496 bits per heavy atom. The Kier molecular flexibility index (Phi) is 48.5. The van der Waals surface area contributed by atoms with Crippen LogP contribution < -0.4 is 19.3 Å². The summed E-state index contributed by atoms with van der Waals surface area (Å²) >= 11 is 1.75. The molecular formula is C81H116N8O44S2. The third-order valence-corrected chi connectivity index (χ3v) is 18.6. The van der Waals surface area contributed by atoms with Gasteiger partial charge in [-0.2, -0.15) is 8.75 Å². The van der Waals surface area contributed by atoms with E-state index in [4.69, 9.17) is 99.5 Å². The lowest BCUT2D eigenvalue weighted by Crippen LogP contribution is -2.52. The molecule has 135 heavy (non-hydrogen) atoms. The molecule has 52 nitrogen and oxygen atoms in total. The van der Waals surface area contributed by atoms with Gasteiger partial charge in [-0.25, -0.2) is 71.9 Å². The zero-order chi connectivity index (χ0) is 102. The zero-order valence-electron chi connectivity index (χ0n) is 78.8. The second-order valence-electron chi connectivity index (χ2n) is 31.3. The van der Waals surface area contributed by atoms with Crippen LogP contribution in [0.2, 0.25) is 0 Å². The molecule has 4 heterocycles. The Labute approximate surface area is 782 Å². The highest BCUT2D eigenvalue weighted by Crippen LogP contribution is 2.30. The number of carbonyl (C=O) groups excluding carboxylic acids is 21. The highest BCUT2D eigenvalue weighted by molar-refractivity contribution is 6.99. The van der Waals surface area contributed by atoms with Crippen molar-refractivity contribution in [2.45, 2.75) is 262 Å². The fourth-order valence-corrected chi connectivity index (χ4v) is 11.7. The molecule has 2 fully saturated rings. The molecule has 0 saturated carbocycles. The molecule has 0 bridgehead atoms. The van der Waals surface area contributed by atoms with Gasteiger partial charge in [0.2, 0.25) is 11.6 Å². The Balaban J connectivity index is 0.000000697. The van der Waals surface area contributed by atoms with Gasteiger partial charge >= 0.3 is 113 Å². The van der Waals surface area contributed by atoms with E-state index in [-0.39, 0.29) is 31.5 Å². The molecule has 4 rings (SSSR count). The van der Waals surface area contributed by atoms with Crippen LogP contribution in [0.5, 0.6) is 11.8 Å². The number of carbonyl (C=O) groups is 21. The SMILES string of the molecule is CC(=O)OC(C)C(=O)OCC(=O)O[C@H](COc1nsnc1N1CCOCC1)CN(C(=O)COC(=O)C(C)OC(=O)C(C)OC(=O)C(C)OC(=O)C(C)OC(=O)C(C)OC(=O)C(C)OC(C)=O)C(C)(C)C.CC(=O)OC(C)C(=O)OCC(=O)O[C@H](COc1nsnc1N1CCOCC1)CN(C(=O)COC(=O)C(C)OC(=O)C(C)OC(=O)C(C)OC(=O)C(C)OC(=O)C(C)OC(C)=O)C(C)(C)C. The van der Waals surface area contributed by atoms with Crippen molar-refractivity contribution in [3.63, 3.8) is 0 Å². The summed E-state index contributed by atoms with van der Waals surface area (Å²) in [6.07, 6.45) is -22.3. The van der Waals surface area contributed by atoms with Crippen molar-refractivity contribution in [3.8, 4) is 11.8 Å². The Hall–Kier alpha value is -12.9. The molecule has 0 spiro atoms. The summed E-state index contributed by atoms with van der Waals surface area (Å²) in [6.45, 7) is 27.8. The number of hydrogen-bond acceptors (Lipinski definition) is 52. The van der Waals surface area contributed by atoms with E-state index in [2.05, 4.69) is 27.0 Å². The van der Waals surface area contributed by atoms with E-state index in [9.17, 15) is 101 Å². The number of morpholine rings is 2. The molecule has 0 aromatic carbocycles. The third kappa shape index (κ3) is 42.5. The van der Waals surface area contributed by atoms with Gasteiger partial charge in [0, 0.05) is 65.0 Å². The summed E-state index contributed by atoms with van der Waals surface area (Å²) in [5.74, 6) is -20.6. The van der Waals surface area contributed by atoms with Crippen molar-refractivity contribution in [1.82, 2.24) is 27.3 Å². The normalized spacial score (nSPS) is 15.8. The van der Waals surface area contributed by atoms with Crippen molar-refractivity contribution < 1.29 is 210 Å². The molecule has 2 aromatic heterocycles. The lowest BCUT2D eigenvalue weighted by atomic mass is 10.1. The first-order valence-corrected chi connectivity index (χ1v) is 43.1. The van der Waals surface area contributed by atoms with Crippen LogP contribution in [0.25, 0.3) is 0 Å². The molecule has 0 aliphatic carbocycles. The Morgan fingerprint density at radius 3 is 0.711 bits per heavy atom. The van der Waals surface area contributed by atoms with Crippen molar-refractivity contribution >= 4 is 160 Å². The second-order valence-corrected chi connectivity index (χ2v) is 32.4. The number of nitrogens with zero attached hydrogens (tertiary/aromatic N) is 8. The van der Waals surface area contributed by atoms with E-state index in [1.165, 1.54) is 37.5 Å². The molecule has 2 aromatic rings. The van der Waals surface area contributed by atoms with Gasteiger partial charge in [-0.15, -0.1) is 8.75 Å². The maximum absolute atomic E-state index is 13.7. The van der Waals surface area contributed by atoms with E-state index in [1.807, 2.05) is 9.80 Å². The molecule has 0 N–H and O–H groups in total. The predicted octanol–water partition coefficient (Wildman–Crippen LogP) is -0.0507. The van der Waals surface area contributed by atoms with Crippen LogP contribution in [0.15, 0.2) is 0 Å². The van der Waals surface area contributed by atoms with Crippen LogP contribution in [0.3, 0.4) is 0 Å². The molecule has 0 radical (unpaired) electrons. The molecule has 2 aliphatic rings. The van der Waals surface area contributed by atoms with Crippen molar-refractivity contribution in [3.05, 3.63) is 0 Å². The van der Waals surface area contributed by atoms with Crippen LogP contribution in [0.1, 0.15) is 159 Å². The van der Waals surface area contributed by atoms with E-state index >= 15 is 0 Å². The summed E-state index contributed by atoms with van der Waals surface area (Å²) in [5, 5.41) is 0. The van der Waals surface area contributed by atoms with Gasteiger partial charge in [-0.1, -0.05) is 0 Å². The third-order valence-electron chi connectivity index (χ3n) is 17.6. The van der Waals surface area contributed by atoms with Gasteiger partial charge < -0.3 is 129 Å². The summed E-state index contributed by atoms with van der Waals surface area (Å²) in [4.78, 5) is 266. The van der Waals surface area contributed by atoms with Crippen molar-refractivity contribution in [1.29, 1.82) is 0 Å². The average molecular weight is 1970 g/mol. The van der Waals surface area contributed by atoms with Gasteiger partial charge in [0.1, 0.15) is 13.2 Å². The number of hydrogen-bond donors (Lipinski definition) is 0. The summed E-state index contributed by atoms with van der Waals surface area (Å²) in [7, 11) is 0. The number of anilines is 2. The van der Waals surface area contributed by atoms with E-state index in [0.29, 0.717) is 64.2 Å². The number of amides is 2. The van der Waals surface area contributed by atoms with E-state index in [0.717, 1.165) is 113 Å². The molecule has 13 unspecified atom stereocenters.